The fraction of sp³-hybridized carbons (Fsp3) is 0.500. The Kier molecular flexibility index (Phi) is 3.13. The summed E-state index contributed by atoms with van der Waals surface area (Å²) in [4.78, 5) is 12.9. The molecule has 0 aromatic carbocycles. The lowest BCUT2D eigenvalue weighted by Crippen LogP contribution is -2.44. The van der Waals surface area contributed by atoms with E-state index >= 15 is 0 Å². The molecule has 3 nitrogen and oxygen atoms in total. The monoisotopic (exact) mass is 265 g/mol. The van der Waals surface area contributed by atoms with Gasteiger partial charge in [-0.25, -0.2) is 0 Å². The summed E-state index contributed by atoms with van der Waals surface area (Å²) in [5.74, 6) is -1.23. The molecule has 17 heavy (non-hydrogen) atoms. The van der Waals surface area contributed by atoms with Crippen LogP contribution in [0, 0.1) is 0 Å². The van der Waals surface area contributed by atoms with Gasteiger partial charge in [0.2, 0.25) is 0 Å². The number of nitrogens with zero attached hydrogens (tertiary/aromatic N) is 1. The van der Waals surface area contributed by atoms with Crippen molar-refractivity contribution in [3.05, 3.63) is 21.9 Å². The van der Waals surface area contributed by atoms with Gasteiger partial charge >= 0.3 is 12.1 Å². The smallest absolute Gasteiger partial charge is 0.401 e. The molecule has 1 aliphatic heterocycles. The molecule has 1 aliphatic rings. The van der Waals surface area contributed by atoms with Gasteiger partial charge in [0.25, 0.3) is 0 Å². The Morgan fingerprint density at radius 1 is 1.59 bits per heavy atom. The van der Waals surface area contributed by atoms with Gasteiger partial charge in [-0.3, -0.25) is 9.69 Å². The molecular weight excluding hydrogens is 255 g/mol. The average Bonchev–Trinajstić information content (AvgIpc) is 2.61. The Balaban J connectivity index is 2.28. The molecule has 0 saturated heterocycles. The van der Waals surface area contributed by atoms with Gasteiger partial charge in [0, 0.05) is 11.4 Å². The number of carbonyl (C=O) groups is 1. The van der Waals surface area contributed by atoms with Crippen LogP contribution in [0.15, 0.2) is 11.4 Å². The third kappa shape index (κ3) is 2.61. The first-order valence-electron chi connectivity index (χ1n) is 4.98. The molecule has 1 N–H and O–H groups in total. The maximum absolute atomic E-state index is 12.3. The largest absolute Gasteiger partial charge is 0.480 e. The van der Waals surface area contributed by atoms with Gasteiger partial charge in [-0.15, -0.1) is 11.3 Å². The van der Waals surface area contributed by atoms with Crippen molar-refractivity contribution in [1.82, 2.24) is 4.90 Å². The lowest BCUT2D eigenvalue weighted by molar-refractivity contribution is -0.163. The van der Waals surface area contributed by atoms with Gasteiger partial charge in [-0.05, 0) is 23.4 Å². The van der Waals surface area contributed by atoms with Crippen LogP contribution in [-0.2, 0) is 11.2 Å². The standard InChI is InChI=1S/C10H10F3NO2S/c11-10(12,13)5-14-3-1-7-6(2-4-17-7)8(14)9(15)16/h2,4,8H,1,3,5H2,(H,15,16). The van der Waals surface area contributed by atoms with Crippen molar-refractivity contribution < 1.29 is 23.1 Å². The van der Waals surface area contributed by atoms with Crippen LogP contribution in [0.4, 0.5) is 13.2 Å². The number of hydrogen-bond donors (Lipinski definition) is 1. The molecular formula is C10H10F3NO2S. The normalized spacial score (nSPS) is 21.2. The number of hydrogen-bond acceptors (Lipinski definition) is 3. The molecule has 0 amide bonds. The van der Waals surface area contributed by atoms with E-state index in [1.807, 2.05) is 0 Å². The summed E-state index contributed by atoms with van der Waals surface area (Å²) in [6.45, 7) is -1.05. The molecule has 94 valence electrons. The zero-order valence-electron chi connectivity index (χ0n) is 8.70. The minimum absolute atomic E-state index is 0.129. The molecule has 1 unspecified atom stereocenters. The van der Waals surface area contributed by atoms with Crippen LogP contribution in [0.3, 0.4) is 0 Å². The first-order valence-corrected chi connectivity index (χ1v) is 5.86. The second kappa shape index (κ2) is 4.30. The maximum atomic E-state index is 12.3. The van der Waals surface area contributed by atoms with E-state index < -0.39 is 24.7 Å². The number of carboxylic acids is 1. The van der Waals surface area contributed by atoms with Crippen LogP contribution >= 0.6 is 11.3 Å². The van der Waals surface area contributed by atoms with Gasteiger partial charge < -0.3 is 5.11 Å². The molecule has 1 aromatic rings. The van der Waals surface area contributed by atoms with Crippen molar-refractivity contribution in [2.45, 2.75) is 18.6 Å². The highest BCUT2D eigenvalue weighted by molar-refractivity contribution is 7.10. The van der Waals surface area contributed by atoms with Crippen molar-refractivity contribution in [3.63, 3.8) is 0 Å². The summed E-state index contributed by atoms with van der Waals surface area (Å²) < 4.78 is 37.0. The van der Waals surface area contributed by atoms with Crippen LogP contribution in [0.5, 0.6) is 0 Å². The van der Waals surface area contributed by atoms with E-state index in [2.05, 4.69) is 0 Å². The average molecular weight is 265 g/mol. The minimum atomic E-state index is -4.37. The Morgan fingerprint density at radius 2 is 2.29 bits per heavy atom. The molecule has 0 saturated carbocycles. The lowest BCUT2D eigenvalue weighted by Gasteiger charge is -2.33. The van der Waals surface area contributed by atoms with E-state index in [1.165, 1.54) is 11.3 Å². The molecule has 0 fully saturated rings. The van der Waals surface area contributed by atoms with Crippen LogP contribution < -0.4 is 0 Å². The fourth-order valence-electron chi connectivity index (χ4n) is 2.06. The summed E-state index contributed by atoms with van der Waals surface area (Å²) in [7, 11) is 0. The van der Waals surface area contributed by atoms with Gasteiger partial charge in [-0.2, -0.15) is 13.2 Å². The molecule has 1 aromatic heterocycles. The van der Waals surface area contributed by atoms with Crippen LogP contribution in [0.2, 0.25) is 0 Å². The fourth-order valence-corrected chi connectivity index (χ4v) is 2.96. The Morgan fingerprint density at radius 3 is 2.88 bits per heavy atom. The molecule has 7 heteroatoms. The van der Waals surface area contributed by atoms with Crippen molar-refractivity contribution in [3.8, 4) is 0 Å². The summed E-state index contributed by atoms with van der Waals surface area (Å²) in [5.41, 5.74) is 0.498. The predicted octanol–water partition coefficient (Wildman–Crippen LogP) is 2.29. The number of rotatable bonds is 2. The Labute approximate surface area is 99.5 Å². The number of alkyl halides is 3. The van der Waals surface area contributed by atoms with E-state index in [-0.39, 0.29) is 6.54 Å². The third-order valence-corrected chi connectivity index (χ3v) is 3.68. The number of carboxylic acid groups (broad SMARTS) is 1. The highest BCUT2D eigenvalue weighted by atomic mass is 32.1. The lowest BCUT2D eigenvalue weighted by atomic mass is 10.00. The Hall–Kier alpha value is -1.08. The minimum Gasteiger partial charge on any atom is -0.480 e. The van der Waals surface area contributed by atoms with E-state index in [1.54, 1.807) is 11.4 Å². The summed E-state index contributed by atoms with van der Waals surface area (Å²) in [6, 6.07) is 0.424. The number of thiophene rings is 1. The van der Waals surface area contributed by atoms with Gasteiger partial charge in [0.05, 0.1) is 6.54 Å². The summed E-state index contributed by atoms with van der Waals surface area (Å²) in [6.07, 6.45) is -3.89. The first kappa shape index (κ1) is 12.4. The molecule has 2 heterocycles. The molecule has 1 atom stereocenters. The van der Waals surface area contributed by atoms with E-state index in [4.69, 9.17) is 5.11 Å². The second-order valence-electron chi connectivity index (χ2n) is 3.88. The maximum Gasteiger partial charge on any atom is 0.401 e. The van der Waals surface area contributed by atoms with E-state index in [0.717, 1.165) is 9.78 Å². The summed E-state index contributed by atoms with van der Waals surface area (Å²) in [5, 5.41) is 10.8. The molecule has 2 rings (SSSR count). The first-order chi connectivity index (χ1) is 7.88. The molecule has 0 spiro atoms. The molecule has 0 bridgehead atoms. The SMILES string of the molecule is O=C(O)C1c2ccsc2CCN1CC(F)(F)F. The van der Waals surface area contributed by atoms with Crippen molar-refractivity contribution >= 4 is 17.3 Å². The molecule has 0 aliphatic carbocycles. The molecule has 0 radical (unpaired) electrons. The van der Waals surface area contributed by atoms with Crippen LogP contribution in [0.1, 0.15) is 16.5 Å². The quantitative estimate of drug-likeness (QED) is 0.892. The number of aliphatic carboxylic acids is 1. The third-order valence-electron chi connectivity index (χ3n) is 2.68. The Bertz CT molecular complexity index is 429. The van der Waals surface area contributed by atoms with Crippen molar-refractivity contribution in [2.24, 2.45) is 0 Å². The number of halogens is 3. The summed E-state index contributed by atoms with van der Waals surface area (Å²) >= 11 is 1.40. The second-order valence-corrected chi connectivity index (χ2v) is 4.88. The van der Waals surface area contributed by atoms with Crippen molar-refractivity contribution in [1.29, 1.82) is 0 Å². The zero-order chi connectivity index (χ0) is 12.6. The van der Waals surface area contributed by atoms with Gasteiger partial charge in [0.1, 0.15) is 6.04 Å². The highest BCUT2D eigenvalue weighted by Gasteiger charge is 2.40. The van der Waals surface area contributed by atoms with Gasteiger partial charge in [0.15, 0.2) is 0 Å². The predicted molar refractivity (Wildman–Crippen MR) is 56.0 cm³/mol. The van der Waals surface area contributed by atoms with Crippen LogP contribution in [-0.4, -0.2) is 35.2 Å². The number of fused-ring (bicyclic) bond motifs is 1. The van der Waals surface area contributed by atoms with E-state index in [0.29, 0.717) is 12.0 Å². The van der Waals surface area contributed by atoms with E-state index in [9.17, 15) is 18.0 Å². The van der Waals surface area contributed by atoms with Crippen LogP contribution in [0.25, 0.3) is 0 Å². The zero-order valence-corrected chi connectivity index (χ0v) is 9.51. The van der Waals surface area contributed by atoms with Crippen molar-refractivity contribution in [2.75, 3.05) is 13.1 Å². The van der Waals surface area contributed by atoms with Gasteiger partial charge in [-0.1, -0.05) is 0 Å². The topological polar surface area (TPSA) is 40.5 Å². The highest BCUT2D eigenvalue weighted by Crippen LogP contribution is 2.35.